The molecule has 0 aromatic carbocycles. The van der Waals surface area contributed by atoms with E-state index in [-0.39, 0.29) is 5.75 Å². The van der Waals surface area contributed by atoms with Gasteiger partial charge in [-0.15, -0.1) is 0 Å². The van der Waals surface area contributed by atoms with E-state index in [1.165, 1.54) is 0 Å². The summed E-state index contributed by atoms with van der Waals surface area (Å²) in [6, 6.07) is 0. The molecule has 1 aliphatic rings. The molecule has 0 spiro atoms. The lowest BCUT2D eigenvalue weighted by Gasteiger charge is -2.26. The highest BCUT2D eigenvalue weighted by Gasteiger charge is 2.12. The predicted octanol–water partition coefficient (Wildman–Crippen LogP) is -0.848. The number of nitrogens with zero attached hydrogens (tertiary/aromatic N) is 1. The quantitative estimate of drug-likeness (QED) is 0.655. The summed E-state index contributed by atoms with van der Waals surface area (Å²) in [5.41, 5.74) is 0. The van der Waals surface area contributed by atoms with E-state index in [1.807, 2.05) is 0 Å². The number of carboxylic acid groups (broad SMARTS) is 1. The average molecular weight is 221 g/mol. The van der Waals surface area contributed by atoms with Crippen LogP contribution in [0.25, 0.3) is 0 Å². The van der Waals surface area contributed by atoms with Crippen LogP contribution in [0, 0.1) is 0 Å². The van der Waals surface area contributed by atoms with Gasteiger partial charge in [-0.25, -0.2) is 0 Å². The molecule has 1 fully saturated rings. The van der Waals surface area contributed by atoms with Crippen LogP contribution >= 0.6 is 0 Å². The van der Waals surface area contributed by atoms with Crippen LogP contribution in [0.3, 0.4) is 0 Å². The molecule has 0 aromatic heterocycles. The normalized spacial score (nSPS) is 20.6. The lowest BCUT2D eigenvalue weighted by atomic mass is 10.4. The van der Waals surface area contributed by atoms with Gasteiger partial charge in [0, 0.05) is 36.2 Å². The van der Waals surface area contributed by atoms with Gasteiger partial charge < -0.3 is 9.84 Å². The number of aliphatic carboxylic acids is 1. The van der Waals surface area contributed by atoms with E-state index in [0.717, 1.165) is 13.1 Å². The fraction of sp³-hybridized carbons (Fsp3) is 0.875. The highest BCUT2D eigenvalue weighted by Crippen LogP contribution is 1.96. The second-order valence-corrected chi connectivity index (χ2v) is 4.71. The van der Waals surface area contributed by atoms with E-state index in [4.69, 9.17) is 9.84 Å². The zero-order valence-electron chi connectivity index (χ0n) is 7.98. The van der Waals surface area contributed by atoms with Gasteiger partial charge in [0.15, 0.2) is 0 Å². The maximum absolute atomic E-state index is 11.2. The van der Waals surface area contributed by atoms with E-state index in [0.29, 0.717) is 25.5 Å². The first kappa shape index (κ1) is 11.6. The molecule has 1 aliphatic heterocycles. The third-order valence-corrected chi connectivity index (χ3v) is 3.23. The van der Waals surface area contributed by atoms with Crippen molar-refractivity contribution < 1.29 is 18.8 Å². The average Bonchev–Trinajstić information content (AvgIpc) is 2.15. The van der Waals surface area contributed by atoms with E-state index in [1.54, 1.807) is 0 Å². The molecule has 82 valence electrons. The summed E-state index contributed by atoms with van der Waals surface area (Å²) >= 11 is 0. The number of ether oxygens (including phenoxy) is 1. The zero-order valence-corrected chi connectivity index (χ0v) is 8.79. The SMILES string of the molecule is O=C(O)CS(=O)CCN1CCOCC1. The summed E-state index contributed by atoms with van der Waals surface area (Å²) in [5.74, 6) is -0.804. The van der Waals surface area contributed by atoms with Crippen molar-refractivity contribution in [1.82, 2.24) is 4.90 Å². The van der Waals surface area contributed by atoms with Crippen LogP contribution in [0.4, 0.5) is 0 Å². The minimum Gasteiger partial charge on any atom is -0.481 e. The minimum absolute atomic E-state index is 0.246. The third kappa shape index (κ3) is 4.69. The Bertz CT molecular complexity index is 215. The molecule has 0 radical (unpaired) electrons. The van der Waals surface area contributed by atoms with Crippen LogP contribution in [0.1, 0.15) is 0 Å². The number of rotatable bonds is 5. The molecule has 1 atom stereocenters. The molecule has 0 bridgehead atoms. The molecule has 5 nitrogen and oxygen atoms in total. The number of hydrogen-bond acceptors (Lipinski definition) is 4. The van der Waals surface area contributed by atoms with Crippen LogP contribution in [0.15, 0.2) is 0 Å². The Kier molecular flexibility index (Phi) is 5.06. The first-order valence-electron chi connectivity index (χ1n) is 4.55. The van der Waals surface area contributed by atoms with Crippen molar-refractivity contribution in [2.24, 2.45) is 0 Å². The van der Waals surface area contributed by atoms with E-state index >= 15 is 0 Å². The Labute approximate surface area is 85.5 Å². The molecule has 0 aliphatic carbocycles. The predicted molar refractivity (Wildman–Crippen MR) is 52.8 cm³/mol. The summed E-state index contributed by atoms with van der Waals surface area (Å²) < 4.78 is 16.3. The van der Waals surface area contributed by atoms with Crippen LogP contribution in [-0.2, 0) is 20.3 Å². The molecule has 1 N–H and O–H groups in total. The van der Waals surface area contributed by atoms with Gasteiger partial charge in [-0.2, -0.15) is 0 Å². The number of carbonyl (C=O) groups is 1. The molecular weight excluding hydrogens is 206 g/mol. The Balaban J connectivity index is 2.12. The van der Waals surface area contributed by atoms with Gasteiger partial charge in [0.05, 0.1) is 13.2 Å². The van der Waals surface area contributed by atoms with Gasteiger partial charge in [0.2, 0.25) is 0 Å². The lowest BCUT2D eigenvalue weighted by molar-refractivity contribution is -0.133. The summed E-state index contributed by atoms with van der Waals surface area (Å²) in [7, 11) is -1.23. The standard InChI is InChI=1S/C8H15NO4S/c10-8(11)7-14(12)6-3-9-1-4-13-5-2-9/h1-7H2,(H,10,11). The molecular formula is C8H15NO4S. The van der Waals surface area contributed by atoms with Crippen LogP contribution < -0.4 is 0 Å². The topological polar surface area (TPSA) is 66.8 Å². The van der Waals surface area contributed by atoms with Gasteiger partial charge in [-0.05, 0) is 0 Å². The molecule has 0 aromatic rings. The highest BCUT2D eigenvalue weighted by molar-refractivity contribution is 7.85. The van der Waals surface area contributed by atoms with Gasteiger partial charge in [-0.1, -0.05) is 0 Å². The van der Waals surface area contributed by atoms with Crippen molar-refractivity contribution in [3.8, 4) is 0 Å². The van der Waals surface area contributed by atoms with Gasteiger partial charge in [-0.3, -0.25) is 13.9 Å². The second kappa shape index (κ2) is 6.10. The molecule has 0 saturated carbocycles. The fourth-order valence-electron chi connectivity index (χ4n) is 1.27. The zero-order chi connectivity index (χ0) is 10.4. The summed E-state index contributed by atoms with van der Waals surface area (Å²) in [6.45, 7) is 3.83. The van der Waals surface area contributed by atoms with Crippen LogP contribution in [0.5, 0.6) is 0 Å². The van der Waals surface area contributed by atoms with E-state index in [9.17, 15) is 9.00 Å². The van der Waals surface area contributed by atoms with Crippen molar-refractivity contribution in [3.63, 3.8) is 0 Å². The van der Waals surface area contributed by atoms with Crippen LogP contribution in [-0.4, -0.2) is 64.5 Å². The fourth-order valence-corrected chi connectivity index (χ4v) is 2.15. The van der Waals surface area contributed by atoms with E-state index < -0.39 is 16.8 Å². The van der Waals surface area contributed by atoms with Crippen molar-refractivity contribution >= 4 is 16.8 Å². The number of morpholine rings is 1. The van der Waals surface area contributed by atoms with Crippen molar-refractivity contribution in [1.29, 1.82) is 0 Å². The van der Waals surface area contributed by atoms with Crippen molar-refractivity contribution in [3.05, 3.63) is 0 Å². The number of hydrogen-bond donors (Lipinski definition) is 1. The molecule has 1 unspecified atom stereocenters. The maximum Gasteiger partial charge on any atom is 0.316 e. The smallest absolute Gasteiger partial charge is 0.316 e. The minimum atomic E-state index is -1.23. The Hall–Kier alpha value is -0.460. The van der Waals surface area contributed by atoms with Crippen molar-refractivity contribution in [2.45, 2.75) is 0 Å². The molecule has 1 rings (SSSR count). The summed E-state index contributed by atoms with van der Waals surface area (Å²) in [6.07, 6.45) is 0. The van der Waals surface area contributed by atoms with Gasteiger partial charge in [0.25, 0.3) is 0 Å². The summed E-state index contributed by atoms with van der Waals surface area (Å²) in [4.78, 5) is 12.4. The van der Waals surface area contributed by atoms with Gasteiger partial charge in [0.1, 0.15) is 5.75 Å². The molecule has 1 saturated heterocycles. The lowest BCUT2D eigenvalue weighted by Crippen LogP contribution is -2.38. The highest BCUT2D eigenvalue weighted by atomic mass is 32.2. The Morgan fingerprint density at radius 1 is 1.43 bits per heavy atom. The van der Waals surface area contributed by atoms with Crippen molar-refractivity contribution in [2.75, 3.05) is 44.4 Å². The maximum atomic E-state index is 11.2. The second-order valence-electron chi connectivity index (χ2n) is 3.14. The first-order chi connectivity index (χ1) is 6.68. The molecule has 6 heteroatoms. The molecule has 0 amide bonds. The monoisotopic (exact) mass is 221 g/mol. The van der Waals surface area contributed by atoms with Crippen LogP contribution in [0.2, 0.25) is 0 Å². The van der Waals surface area contributed by atoms with E-state index in [2.05, 4.69) is 4.90 Å². The Morgan fingerprint density at radius 2 is 2.07 bits per heavy atom. The van der Waals surface area contributed by atoms with Gasteiger partial charge >= 0.3 is 5.97 Å². The largest absolute Gasteiger partial charge is 0.481 e. The number of carboxylic acids is 1. The Morgan fingerprint density at radius 3 is 2.64 bits per heavy atom. The first-order valence-corrected chi connectivity index (χ1v) is 6.04. The third-order valence-electron chi connectivity index (χ3n) is 2.02. The molecule has 14 heavy (non-hydrogen) atoms. The molecule has 1 heterocycles. The summed E-state index contributed by atoms with van der Waals surface area (Å²) in [5, 5.41) is 8.39.